The first-order valence-corrected chi connectivity index (χ1v) is 6.28. The molecule has 2 aromatic rings. The zero-order valence-electron chi connectivity index (χ0n) is 10.3. The predicted molar refractivity (Wildman–Crippen MR) is 70.3 cm³/mol. The summed E-state index contributed by atoms with van der Waals surface area (Å²) >= 11 is 0. The lowest BCUT2D eigenvalue weighted by molar-refractivity contribution is 0.249. The van der Waals surface area contributed by atoms with Crippen molar-refractivity contribution in [3.8, 4) is 0 Å². The Morgan fingerprint density at radius 2 is 1.83 bits per heavy atom. The highest BCUT2D eigenvalue weighted by atomic mass is 15.4. The number of H-pyrrole nitrogens is 1. The number of hydrogen-bond acceptors (Lipinski definition) is 4. The van der Waals surface area contributed by atoms with Gasteiger partial charge in [-0.15, -0.1) is 0 Å². The van der Waals surface area contributed by atoms with Crippen molar-refractivity contribution in [2.24, 2.45) is 0 Å². The quantitative estimate of drug-likeness (QED) is 0.878. The molecule has 5 nitrogen and oxygen atoms in total. The van der Waals surface area contributed by atoms with Crippen molar-refractivity contribution in [1.29, 1.82) is 0 Å². The van der Waals surface area contributed by atoms with E-state index in [0.717, 1.165) is 38.7 Å². The smallest absolute Gasteiger partial charge is 0.221 e. The third-order valence-corrected chi connectivity index (χ3v) is 3.32. The van der Waals surface area contributed by atoms with Crippen molar-refractivity contribution in [3.63, 3.8) is 0 Å². The summed E-state index contributed by atoms with van der Waals surface area (Å²) in [4.78, 5) is 8.91. The van der Waals surface area contributed by atoms with Crippen LogP contribution < -0.4 is 4.90 Å². The molecule has 0 spiro atoms. The largest absolute Gasteiger partial charge is 0.339 e. The van der Waals surface area contributed by atoms with Crippen LogP contribution in [0.2, 0.25) is 0 Å². The Labute approximate surface area is 106 Å². The van der Waals surface area contributed by atoms with E-state index in [1.54, 1.807) is 6.33 Å². The SMILES string of the molecule is c1ccc(CN2CCN(c3ncn[nH]3)CC2)cc1. The Morgan fingerprint density at radius 3 is 2.50 bits per heavy atom. The molecule has 5 heteroatoms. The van der Waals surface area contributed by atoms with Gasteiger partial charge < -0.3 is 4.90 Å². The summed E-state index contributed by atoms with van der Waals surface area (Å²) in [5.41, 5.74) is 1.38. The van der Waals surface area contributed by atoms with Crippen molar-refractivity contribution in [2.45, 2.75) is 6.54 Å². The normalized spacial score (nSPS) is 17.0. The van der Waals surface area contributed by atoms with Crippen LogP contribution in [-0.4, -0.2) is 46.3 Å². The van der Waals surface area contributed by atoms with E-state index in [0.29, 0.717) is 0 Å². The van der Waals surface area contributed by atoms with E-state index in [-0.39, 0.29) is 0 Å². The van der Waals surface area contributed by atoms with Gasteiger partial charge in [-0.05, 0) is 5.56 Å². The lowest BCUT2D eigenvalue weighted by Gasteiger charge is -2.34. The molecule has 0 aliphatic carbocycles. The van der Waals surface area contributed by atoms with Crippen molar-refractivity contribution < 1.29 is 0 Å². The van der Waals surface area contributed by atoms with E-state index < -0.39 is 0 Å². The highest BCUT2D eigenvalue weighted by molar-refractivity contribution is 5.28. The fourth-order valence-electron chi connectivity index (χ4n) is 2.31. The van der Waals surface area contributed by atoms with Crippen LogP contribution in [0, 0.1) is 0 Å². The van der Waals surface area contributed by atoms with Crippen molar-refractivity contribution in [3.05, 3.63) is 42.2 Å². The number of anilines is 1. The first-order chi connectivity index (χ1) is 8.92. The first-order valence-electron chi connectivity index (χ1n) is 6.28. The fraction of sp³-hybridized carbons (Fsp3) is 0.385. The monoisotopic (exact) mass is 243 g/mol. The second kappa shape index (κ2) is 5.18. The van der Waals surface area contributed by atoms with Crippen LogP contribution in [0.4, 0.5) is 5.95 Å². The standard InChI is InChI=1S/C13H17N5/c1-2-4-12(5-3-1)10-17-6-8-18(9-7-17)13-14-11-15-16-13/h1-5,11H,6-10H2,(H,14,15,16). The summed E-state index contributed by atoms with van der Waals surface area (Å²) < 4.78 is 0. The van der Waals surface area contributed by atoms with Gasteiger partial charge in [0.25, 0.3) is 0 Å². The van der Waals surface area contributed by atoms with E-state index >= 15 is 0 Å². The van der Waals surface area contributed by atoms with Gasteiger partial charge in [-0.2, -0.15) is 10.1 Å². The Bertz CT molecular complexity index is 459. The molecule has 0 bridgehead atoms. The average molecular weight is 243 g/mol. The molecule has 3 rings (SSSR count). The lowest BCUT2D eigenvalue weighted by atomic mass is 10.2. The van der Waals surface area contributed by atoms with Gasteiger partial charge in [-0.1, -0.05) is 30.3 Å². The van der Waals surface area contributed by atoms with Crippen LogP contribution >= 0.6 is 0 Å². The van der Waals surface area contributed by atoms with E-state index in [1.165, 1.54) is 5.56 Å². The van der Waals surface area contributed by atoms with Gasteiger partial charge in [0, 0.05) is 32.7 Å². The maximum absolute atomic E-state index is 4.19. The molecule has 1 aromatic heterocycles. The first kappa shape index (κ1) is 11.2. The lowest BCUT2D eigenvalue weighted by Crippen LogP contribution is -2.46. The third kappa shape index (κ3) is 2.51. The Kier molecular flexibility index (Phi) is 3.23. The van der Waals surface area contributed by atoms with Crippen LogP contribution in [0.25, 0.3) is 0 Å². The minimum atomic E-state index is 0.884. The Hall–Kier alpha value is -1.88. The second-order valence-corrected chi connectivity index (χ2v) is 4.56. The number of nitrogens with one attached hydrogen (secondary N) is 1. The maximum atomic E-state index is 4.19. The summed E-state index contributed by atoms with van der Waals surface area (Å²) in [6, 6.07) is 10.6. The van der Waals surface area contributed by atoms with Crippen LogP contribution in [0.1, 0.15) is 5.56 Å². The van der Waals surface area contributed by atoms with Gasteiger partial charge in [-0.3, -0.25) is 4.90 Å². The van der Waals surface area contributed by atoms with E-state index in [1.807, 2.05) is 0 Å². The van der Waals surface area contributed by atoms with Crippen LogP contribution in [0.5, 0.6) is 0 Å². The zero-order valence-corrected chi connectivity index (χ0v) is 10.3. The zero-order chi connectivity index (χ0) is 12.2. The highest BCUT2D eigenvalue weighted by Gasteiger charge is 2.18. The number of hydrogen-bond donors (Lipinski definition) is 1. The summed E-state index contributed by atoms with van der Waals surface area (Å²) in [6.45, 7) is 5.17. The average Bonchev–Trinajstić information content (AvgIpc) is 2.95. The van der Waals surface area contributed by atoms with Gasteiger partial charge in [0.05, 0.1) is 0 Å². The molecular formula is C13H17N5. The molecule has 1 aliphatic heterocycles. The van der Waals surface area contributed by atoms with Crippen LogP contribution in [0.3, 0.4) is 0 Å². The van der Waals surface area contributed by atoms with Gasteiger partial charge >= 0.3 is 0 Å². The van der Waals surface area contributed by atoms with Gasteiger partial charge in [0.2, 0.25) is 5.95 Å². The number of aromatic amines is 1. The van der Waals surface area contributed by atoms with E-state index in [4.69, 9.17) is 0 Å². The molecule has 18 heavy (non-hydrogen) atoms. The van der Waals surface area contributed by atoms with Crippen molar-refractivity contribution in [2.75, 3.05) is 31.1 Å². The van der Waals surface area contributed by atoms with Crippen LogP contribution in [-0.2, 0) is 6.54 Å². The number of piperazine rings is 1. The topological polar surface area (TPSA) is 48.1 Å². The van der Waals surface area contributed by atoms with Gasteiger partial charge in [0.15, 0.2) is 0 Å². The molecular weight excluding hydrogens is 226 g/mol. The molecule has 1 saturated heterocycles. The molecule has 0 atom stereocenters. The van der Waals surface area contributed by atoms with Crippen LogP contribution in [0.15, 0.2) is 36.7 Å². The summed E-state index contributed by atoms with van der Waals surface area (Å²) in [5.74, 6) is 0.884. The molecule has 1 fully saturated rings. The number of nitrogens with zero attached hydrogens (tertiary/aromatic N) is 4. The second-order valence-electron chi connectivity index (χ2n) is 4.56. The molecule has 2 heterocycles. The Balaban J connectivity index is 1.54. The third-order valence-electron chi connectivity index (χ3n) is 3.32. The molecule has 94 valence electrons. The predicted octanol–water partition coefficient (Wildman–Crippen LogP) is 1.13. The molecule has 0 saturated carbocycles. The number of aromatic nitrogens is 3. The molecule has 1 N–H and O–H groups in total. The highest BCUT2D eigenvalue weighted by Crippen LogP contribution is 2.11. The Morgan fingerprint density at radius 1 is 1.06 bits per heavy atom. The molecule has 1 aliphatic rings. The minimum absolute atomic E-state index is 0.884. The molecule has 0 amide bonds. The molecule has 1 aromatic carbocycles. The molecule has 0 radical (unpaired) electrons. The summed E-state index contributed by atoms with van der Waals surface area (Å²) in [7, 11) is 0. The summed E-state index contributed by atoms with van der Waals surface area (Å²) in [6.07, 6.45) is 1.56. The molecule has 0 unspecified atom stereocenters. The van der Waals surface area contributed by atoms with E-state index in [2.05, 4.69) is 55.3 Å². The number of benzene rings is 1. The minimum Gasteiger partial charge on any atom is -0.339 e. The number of rotatable bonds is 3. The fourth-order valence-corrected chi connectivity index (χ4v) is 2.31. The van der Waals surface area contributed by atoms with Gasteiger partial charge in [0.1, 0.15) is 6.33 Å². The van der Waals surface area contributed by atoms with Gasteiger partial charge in [-0.25, -0.2) is 5.10 Å². The maximum Gasteiger partial charge on any atom is 0.221 e. The van der Waals surface area contributed by atoms with Crippen molar-refractivity contribution >= 4 is 5.95 Å². The summed E-state index contributed by atoms with van der Waals surface area (Å²) in [5, 5.41) is 6.81. The van der Waals surface area contributed by atoms with Crippen molar-refractivity contribution in [1.82, 2.24) is 20.1 Å². The van der Waals surface area contributed by atoms with E-state index in [9.17, 15) is 0 Å².